The van der Waals surface area contributed by atoms with Gasteiger partial charge in [-0.1, -0.05) is 39.7 Å². The van der Waals surface area contributed by atoms with Gasteiger partial charge in [-0.15, -0.1) is 0 Å². The summed E-state index contributed by atoms with van der Waals surface area (Å²) in [6.45, 7) is 1.48. The molecule has 7 heteroatoms. The molecule has 0 aliphatic carbocycles. The van der Waals surface area contributed by atoms with E-state index in [1.165, 1.54) is 18.2 Å². The smallest absolute Gasteiger partial charge is 0.338 e. The van der Waals surface area contributed by atoms with Gasteiger partial charge in [0.15, 0.2) is 6.61 Å². The van der Waals surface area contributed by atoms with E-state index in [2.05, 4.69) is 21.2 Å². The van der Waals surface area contributed by atoms with E-state index in [4.69, 9.17) is 22.1 Å². The van der Waals surface area contributed by atoms with Crippen LogP contribution in [0.4, 0.5) is 5.69 Å². The van der Waals surface area contributed by atoms with Crippen molar-refractivity contribution >= 4 is 45.1 Å². The monoisotopic (exact) mass is 410 g/mol. The first-order chi connectivity index (χ1) is 11.4. The second kappa shape index (κ2) is 8.17. The number of rotatable bonds is 5. The maximum Gasteiger partial charge on any atom is 0.338 e. The molecule has 5 nitrogen and oxygen atoms in total. The number of carbonyl (C=O) groups is 2. The molecule has 3 N–H and O–H groups in total. The third kappa shape index (κ3) is 4.97. The fraction of sp³-hybridized carbons (Fsp3) is 0.176. The van der Waals surface area contributed by atoms with Crippen LogP contribution in [-0.2, 0) is 9.53 Å². The van der Waals surface area contributed by atoms with Gasteiger partial charge in [-0.3, -0.25) is 4.79 Å². The highest BCUT2D eigenvalue weighted by atomic mass is 79.9. The lowest BCUT2D eigenvalue weighted by Crippen LogP contribution is -2.31. The average Bonchev–Trinajstić information content (AvgIpc) is 2.55. The molecule has 1 amide bonds. The van der Waals surface area contributed by atoms with Crippen LogP contribution in [-0.4, -0.2) is 18.5 Å². The molecular weight excluding hydrogens is 396 g/mol. The van der Waals surface area contributed by atoms with Gasteiger partial charge in [0.1, 0.15) is 0 Å². The lowest BCUT2D eigenvalue weighted by Gasteiger charge is -2.14. The third-order valence-electron chi connectivity index (χ3n) is 3.31. The highest BCUT2D eigenvalue weighted by Crippen LogP contribution is 2.20. The number of amides is 1. The summed E-state index contributed by atoms with van der Waals surface area (Å²) in [5.41, 5.74) is 7.10. The molecule has 1 atom stereocenters. The van der Waals surface area contributed by atoms with Crippen molar-refractivity contribution in [2.75, 3.05) is 12.3 Å². The van der Waals surface area contributed by atoms with Gasteiger partial charge < -0.3 is 15.8 Å². The Labute approximate surface area is 153 Å². The number of hydrogen-bond acceptors (Lipinski definition) is 4. The van der Waals surface area contributed by atoms with E-state index >= 15 is 0 Å². The average molecular weight is 412 g/mol. The molecule has 0 bridgehead atoms. The van der Waals surface area contributed by atoms with Gasteiger partial charge >= 0.3 is 5.97 Å². The van der Waals surface area contributed by atoms with Gasteiger partial charge in [-0.05, 0) is 42.8 Å². The van der Waals surface area contributed by atoms with Crippen molar-refractivity contribution in [2.24, 2.45) is 0 Å². The Morgan fingerprint density at radius 3 is 2.54 bits per heavy atom. The molecule has 0 saturated heterocycles. The first-order valence-electron chi connectivity index (χ1n) is 7.14. The number of hydrogen-bond donors (Lipinski definition) is 2. The molecule has 2 rings (SSSR count). The number of nitrogens with one attached hydrogen (secondary N) is 1. The van der Waals surface area contributed by atoms with Crippen molar-refractivity contribution < 1.29 is 14.3 Å². The van der Waals surface area contributed by atoms with Crippen LogP contribution in [0.5, 0.6) is 0 Å². The summed E-state index contributed by atoms with van der Waals surface area (Å²) in [6.07, 6.45) is 0. The van der Waals surface area contributed by atoms with Crippen molar-refractivity contribution in [1.82, 2.24) is 5.32 Å². The molecule has 0 aliphatic rings. The maximum absolute atomic E-state index is 11.9. The van der Waals surface area contributed by atoms with Gasteiger partial charge in [-0.25, -0.2) is 4.79 Å². The summed E-state index contributed by atoms with van der Waals surface area (Å²) >= 11 is 9.15. The number of esters is 1. The minimum Gasteiger partial charge on any atom is -0.452 e. The van der Waals surface area contributed by atoms with Crippen LogP contribution in [0.3, 0.4) is 0 Å². The Balaban J connectivity index is 1.87. The Morgan fingerprint density at radius 1 is 1.25 bits per heavy atom. The van der Waals surface area contributed by atoms with E-state index in [9.17, 15) is 9.59 Å². The van der Waals surface area contributed by atoms with Gasteiger partial charge in [0.2, 0.25) is 0 Å². The Hall–Kier alpha value is -2.05. The predicted molar refractivity (Wildman–Crippen MR) is 96.8 cm³/mol. The molecule has 0 saturated carbocycles. The zero-order valence-electron chi connectivity index (χ0n) is 12.9. The van der Waals surface area contributed by atoms with Crippen LogP contribution in [0.25, 0.3) is 0 Å². The van der Waals surface area contributed by atoms with Crippen LogP contribution in [0.15, 0.2) is 46.9 Å². The van der Waals surface area contributed by atoms with E-state index in [1.54, 1.807) is 0 Å². The topological polar surface area (TPSA) is 81.4 Å². The number of benzene rings is 2. The second-order valence-corrected chi connectivity index (χ2v) is 6.48. The third-order valence-corrected chi connectivity index (χ3v) is 4.19. The summed E-state index contributed by atoms with van der Waals surface area (Å²) in [4.78, 5) is 23.8. The highest BCUT2D eigenvalue weighted by Gasteiger charge is 2.14. The van der Waals surface area contributed by atoms with E-state index in [1.807, 2.05) is 31.2 Å². The summed E-state index contributed by atoms with van der Waals surface area (Å²) in [6, 6.07) is 11.8. The standard InChI is InChI=1S/C17H16BrClN2O3/c1-10(11-2-5-13(18)6-3-11)21-16(22)9-24-17(23)12-4-7-14(19)15(20)8-12/h2-8,10H,9,20H2,1H3,(H,21,22)/t10-/m0/s1. The van der Waals surface area contributed by atoms with Crippen molar-refractivity contribution in [3.05, 3.63) is 63.1 Å². The summed E-state index contributed by atoms with van der Waals surface area (Å²) in [5, 5.41) is 3.12. The second-order valence-electron chi connectivity index (χ2n) is 5.15. The molecule has 2 aromatic rings. The molecule has 0 aliphatic heterocycles. The number of nitrogen functional groups attached to an aromatic ring is 1. The number of anilines is 1. The fourth-order valence-electron chi connectivity index (χ4n) is 2.00. The summed E-state index contributed by atoms with van der Waals surface area (Å²) < 4.78 is 5.94. The quantitative estimate of drug-likeness (QED) is 0.580. The SMILES string of the molecule is C[C@H](NC(=O)COC(=O)c1ccc(Cl)c(N)c1)c1ccc(Br)cc1. The molecule has 0 fully saturated rings. The number of nitrogens with two attached hydrogens (primary N) is 1. The van der Waals surface area contributed by atoms with Crippen LogP contribution in [0.1, 0.15) is 28.9 Å². The zero-order valence-corrected chi connectivity index (χ0v) is 15.2. The van der Waals surface area contributed by atoms with Crippen molar-refractivity contribution in [2.45, 2.75) is 13.0 Å². The normalized spacial score (nSPS) is 11.6. The lowest BCUT2D eigenvalue weighted by atomic mass is 10.1. The molecule has 126 valence electrons. The highest BCUT2D eigenvalue weighted by molar-refractivity contribution is 9.10. The summed E-state index contributed by atoms with van der Waals surface area (Å²) in [7, 11) is 0. The zero-order chi connectivity index (χ0) is 17.7. The Bertz CT molecular complexity index is 750. The van der Waals surface area contributed by atoms with Crippen molar-refractivity contribution in [1.29, 1.82) is 0 Å². The Kier molecular flexibility index (Phi) is 6.23. The minimum atomic E-state index is -0.634. The van der Waals surface area contributed by atoms with Crippen LogP contribution in [0, 0.1) is 0 Å². The molecule has 24 heavy (non-hydrogen) atoms. The first-order valence-corrected chi connectivity index (χ1v) is 8.31. The van der Waals surface area contributed by atoms with Crippen molar-refractivity contribution in [3.8, 4) is 0 Å². The van der Waals surface area contributed by atoms with Crippen molar-refractivity contribution in [3.63, 3.8) is 0 Å². The predicted octanol–water partition coefficient (Wildman–Crippen LogP) is 3.72. The van der Waals surface area contributed by atoms with Gasteiger partial charge in [0, 0.05) is 4.47 Å². The molecule has 0 heterocycles. The molecule has 0 radical (unpaired) electrons. The minimum absolute atomic E-state index is 0.199. The fourth-order valence-corrected chi connectivity index (χ4v) is 2.38. The molecule has 2 aromatic carbocycles. The lowest BCUT2D eigenvalue weighted by molar-refractivity contribution is -0.124. The summed E-state index contributed by atoms with van der Waals surface area (Å²) in [5.74, 6) is -1.02. The van der Waals surface area contributed by atoms with Gasteiger partial charge in [0.25, 0.3) is 5.91 Å². The van der Waals surface area contributed by atoms with Crippen LogP contribution < -0.4 is 11.1 Å². The first kappa shape index (κ1) is 18.3. The van der Waals surface area contributed by atoms with Gasteiger partial charge in [-0.2, -0.15) is 0 Å². The molecule has 0 unspecified atom stereocenters. The number of carbonyl (C=O) groups excluding carboxylic acids is 2. The van der Waals surface area contributed by atoms with E-state index < -0.39 is 5.97 Å². The molecular formula is C17H16BrClN2O3. The maximum atomic E-state index is 11.9. The van der Waals surface area contributed by atoms with Crippen LogP contribution in [0.2, 0.25) is 5.02 Å². The number of ether oxygens (including phenoxy) is 1. The molecule has 0 spiro atoms. The molecule has 0 aromatic heterocycles. The van der Waals surface area contributed by atoms with Crippen LogP contribution >= 0.6 is 27.5 Å². The van der Waals surface area contributed by atoms with E-state index in [0.29, 0.717) is 5.02 Å². The largest absolute Gasteiger partial charge is 0.452 e. The van der Waals surface area contributed by atoms with Gasteiger partial charge in [0.05, 0.1) is 22.3 Å². The van der Waals surface area contributed by atoms with E-state index in [0.717, 1.165) is 10.0 Å². The van der Waals surface area contributed by atoms with E-state index in [-0.39, 0.29) is 29.8 Å². The number of halogens is 2. The Morgan fingerprint density at radius 2 is 1.92 bits per heavy atom.